The van der Waals surface area contributed by atoms with Gasteiger partial charge in [-0.2, -0.15) is 0 Å². The molecule has 134 valence electrons. The molecule has 2 amide bonds. The monoisotopic (exact) mass is 423 g/mol. The average molecular weight is 424 g/mol. The lowest BCUT2D eigenvalue weighted by atomic mass is 9.54. The third-order valence-electron chi connectivity index (χ3n) is 6.64. The van der Waals surface area contributed by atoms with Crippen molar-refractivity contribution in [2.45, 2.75) is 38.5 Å². The van der Waals surface area contributed by atoms with E-state index in [0.29, 0.717) is 11.4 Å². The first kappa shape index (κ1) is 17.2. The molecule has 3 aliphatic carbocycles. The highest BCUT2D eigenvalue weighted by Crippen LogP contribution is 2.81. The predicted octanol–water partition coefficient (Wildman–Crippen LogP) is 2.74. The summed E-state index contributed by atoms with van der Waals surface area (Å²) < 4.78 is 0.822. The first-order valence-corrected chi connectivity index (χ1v) is 10.2. The van der Waals surface area contributed by atoms with Crippen LogP contribution in [0.3, 0.4) is 0 Å². The van der Waals surface area contributed by atoms with Crippen molar-refractivity contribution in [3.63, 3.8) is 0 Å². The Kier molecular flexibility index (Phi) is 3.55. The molecular weight excluding hydrogens is 402 g/mol. The highest BCUT2D eigenvalue weighted by Gasteiger charge is 2.83. The van der Waals surface area contributed by atoms with E-state index < -0.39 is 22.6 Å². The molecule has 1 heterocycles. The number of primary amides is 2. The van der Waals surface area contributed by atoms with E-state index in [9.17, 15) is 9.59 Å². The summed E-state index contributed by atoms with van der Waals surface area (Å²) in [5.41, 5.74) is 9.90. The minimum atomic E-state index is -1.16. The summed E-state index contributed by atoms with van der Waals surface area (Å²) in [4.78, 5) is 30.6. The fourth-order valence-corrected chi connectivity index (χ4v) is 7.47. The second kappa shape index (κ2) is 5.16. The van der Waals surface area contributed by atoms with Crippen LogP contribution in [0, 0.1) is 28.6 Å². The molecule has 25 heavy (non-hydrogen) atoms. The molecule has 2 fully saturated rings. The maximum atomic E-state index is 13.1. The molecule has 1 spiro atoms. The molecule has 0 saturated heterocycles. The molecule has 1 aromatic heterocycles. The van der Waals surface area contributed by atoms with Gasteiger partial charge in [0.05, 0.1) is 15.4 Å². The number of rotatable bonds is 5. The number of allylic oxidation sites excluding steroid dienone is 2. The van der Waals surface area contributed by atoms with Gasteiger partial charge in [-0.1, -0.05) is 26.0 Å². The molecule has 4 N–H and O–H groups in total. The van der Waals surface area contributed by atoms with Gasteiger partial charge >= 0.3 is 0 Å². The topological polar surface area (TPSA) is 99.1 Å². The van der Waals surface area contributed by atoms with Crippen molar-refractivity contribution < 1.29 is 9.59 Å². The van der Waals surface area contributed by atoms with Crippen LogP contribution >= 0.6 is 27.3 Å². The molecular formula is C18H22BrN3O2S. The third-order valence-corrected chi connectivity index (χ3v) is 8.25. The Morgan fingerprint density at radius 1 is 1.28 bits per heavy atom. The van der Waals surface area contributed by atoms with E-state index >= 15 is 0 Å². The van der Waals surface area contributed by atoms with E-state index in [1.165, 1.54) is 11.3 Å². The third kappa shape index (κ3) is 1.81. The molecule has 3 aliphatic rings. The summed E-state index contributed by atoms with van der Waals surface area (Å²) in [5, 5.41) is 0.620. The molecule has 7 heteroatoms. The van der Waals surface area contributed by atoms with Gasteiger partial charge in [0.25, 0.3) is 0 Å². The van der Waals surface area contributed by atoms with Crippen molar-refractivity contribution >= 4 is 39.1 Å². The van der Waals surface area contributed by atoms with E-state index in [1.54, 1.807) is 6.20 Å². The molecule has 2 bridgehead atoms. The van der Waals surface area contributed by atoms with E-state index in [-0.39, 0.29) is 23.2 Å². The number of hydrogen-bond acceptors (Lipinski definition) is 4. The first-order chi connectivity index (χ1) is 11.7. The zero-order chi connectivity index (χ0) is 18.2. The molecule has 5 nitrogen and oxygen atoms in total. The molecule has 4 rings (SSSR count). The normalized spacial score (nSPS) is 37.1. The SMILES string of the molecule is CC(C)C[C@@]1(C(N)=O)[C@@H]2C=C[C@@H](C23CC3)[C@@]1(C(N)=O)c1ncc(Br)s1. The first-order valence-electron chi connectivity index (χ1n) is 8.63. The Bertz CT molecular complexity index is 800. The van der Waals surface area contributed by atoms with Crippen LogP contribution < -0.4 is 11.5 Å². The number of nitrogens with two attached hydrogens (primary N) is 2. The summed E-state index contributed by atoms with van der Waals surface area (Å²) in [6.07, 6.45) is 8.44. The lowest BCUT2D eigenvalue weighted by Crippen LogP contribution is -2.62. The maximum absolute atomic E-state index is 13.1. The fourth-order valence-electron chi connectivity index (χ4n) is 5.94. The number of hydrogen-bond donors (Lipinski definition) is 2. The van der Waals surface area contributed by atoms with Gasteiger partial charge in [0, 0.05) is 5.92 Å². The standard InChI is InChI=1S/C18H22BrN3O2S/c1-9(2)7-17(13(20)23)10-3-4-11(16(10)5-6-16)18(17,14(21)24)15-22-8-12(19)25-15/h3-4,8-11H,5-7H2,1-2H3,(H2,20,23)(H2,21,24)/t10-,11+,17+,18-/m1/s1. The van der Waals surface area contributed by atoms with Crippen LogP contribution in [-0.4, -0.2) is 16.8 Å². The number of carbonyl (C=O) groups is 2. The van der Waals surface area contributed by atoms with Crippen molar-refractivity contribution in [3.05, 3.63) is 27.1 Å². The molecule has 0 aromatic carbocycles. The van der Waals surface area contributed by atoms with Gasteiger partial charge in [0.1, 0.15) is 10.4 Å². The summed E-state index contributed by atoms with van der Waals surface area (Å²) >= 11 is 4.84. The Labute approximate surface area is 159 Å². The van der Waals surface area contributed by atoms with E-state index in [0.717, 1.165) is 16.6 Å². The van der Waals surface area contributed by atoms with Gasteiger partial charge in [-0.25, -0.2) is 4.98 Å². The van der Waals surface area contributed by atoms with Crippen LogP contribution in [0.2, 0.25) is 0 Å². The van der Waals surface area contributed by atoms with Crippen LogP contribution in [0.1, 0.15) is 38.1 Å². The van der Waals surface area contributed by atoms with Crippen molar-refractivity contribution in [3.8, 4) is 0 Å². The minimum Gasteiger partial charge on any atom is -0.369 e. The highest BCUT2D eigenvalue weighted by atomic mass is 79.9. The Balaban J connectivity index is 2.07. The zero-order valence-electron chi connectivity index (χ0n) is 14.3. The Hall–Kier alpha value is -1.21. The quantitative estimate of drug-likeness (QED) is 0.711. The van der Waals surface area contributed by atoms with Gasteiger partial charge in [-0.3, -0.25) is 9.59 Å². The molecule has 0 unspecified atom stereocenters. The van der Waals surface area contributed by atoms with Gasteiger partial charge in [-0.15, -0.1) is 11.3 Å². The number of amides is 2. The van der Waals surface area contributed by atoms with E-state index in [2.05, 4.69) is 46.9 Å². The van der Waals surface area contributed by atoms with Crippen LogP contribution in [0.4, 0.5) is 0 Å². The largest absolute Gasteiger partial charge is 0.369 e. The zero-order valence-corrected chi connectivity index (χ0v) is 16.7. The van der Waals surface area contributed by atoms with E-state index in [4.69, 9.17) is 11.5 Å². The summed E-state index contributed by atoms with van der Waals surface area (Å²) in [6, 6.07) is 0. The summed E-state index contributed by atoms with van der Waals surface area (Å²) in [5.74, 6) is -0.837. The van der Waals surface area contributed by atoms with Crippen molar-refractivity contribution in [1.29, 1.82) is 0 Å². The minimum absolute atomic E-state index is 0.0416. The van der Waals surface area contributed by atoms with Crippen molar-refractivity contribution in [2.24, 2.45) is 40.1 Å². The summed E-state index contributed by atoms with van der Waals surface area (Å²) in [6.45, 7) is 4.12. The fraction of sp³-hybridized carbons (Fsp3) is 0.611. The number of halogens is 1. The Morgan fingerprint density at radius 2 is 1.92 bits per heavy atom. The number of nitrogens with zero attached hydrogens (tertiary/aromatic N) is 1. The lowest BCUT2D eigenvalue weighted by Gasteiger charge is -2.47. The number of aromatic nitrogens is 1. The van der Waals surface area contributed by atoms with Crippen molar-refractivity contribution in [1.82, 2.24) is 4.98 Å². The summed E-state index contributed by atoms with van der Waals surface area (Å²) in [7, 11) is 0. The molecule has 0 radical (unpaired) electrons. The predicted molar refractivity (Wildman–Crippen MR) is 99.6 cm³/mol. The highest BCUT2D eigenvalue weighted by molar-refractivity contribution is 9.11. The molecule has 1 aromatic rings. The molecule has 4 atom stereocenters. The molecule has 2 saturated carbocycles. The lowest BCUT2D eigenvalue weighted by molar-refractivity contribution is -0.144. The second-order valence-electron chi connectivity index (χ2n) is 8.15. The van der Waals surface area contributed by atoms with Crippen LogP contribution in [0.15, 0.2) is 22.1 Å². The number of thiazole rings is 1. The Morgan fingerprint density at radius 3 is 2.36 bits per heavy atom. The van der Waals surface area contributed by atoms with Crippen LogP contribution in [-0.2, 0) is 15.0 Å². The van der Waals surface area contributed by atoms with Gasteiger partial charge in [0.15, 0.2) is 0 Å². The van der Waals surface area contributed by atoms with Crippen LogP contribution in [0.25, 0.3) is 0 Å². The molecule has 0 aliphatic heterocycles. The van der Waals surface area contributed by atoms with Gasteiger partial charge in [0.2, 0.25) is 11.8 Å². The van der Waals surface area contributed by atoms with E-state index in [1.807, 2.05) is 0 Å². The van der Waals surface area contributed by atoms with Crippen LogP contribution in [0.5, 0.6) is 0 Å². The van der Waals surface area contributed by atoms with Gasteiger partial charge < -0.3 is 11.5 Å². The van der Waals surface area contributed by atoms with Gasteiger partial charge in [-0.05, 0) is 52.4 Å². The van der Waals surface area contributed by atoms with Crippen molar-refractivity contribution in [2.75, 3.05) is 0 Å². The maximum Gasteiger partial charge on any atom is 0.232 e. The number of carbonyl (C=O) groups excluding carboxylic acids is 2. The smallest absolute Gasteiger partial charge is 0.232 e. The average Bonchev–Trinajstić information content (AvgIpc) is 2.98. The second-order valence-corrected chi connectivity index (χ2v) is 10.6.